The second-order valence-electron chi connectivity index (χ2n) is 6.73. The number of nitrogens with zero attached hydrogens (tertiary/aromatic N) is 2. The quantitative estimate of drug-likeness (QED) is 0.821. The van der Waals surface area contributed by atoms with Gasteiger partial charge in [-0.3, -0.25) is 9.59 Å². The molecule has 2 fully saturated rings. The molecule has 1 aliphatic heterocycles. The molecule has 1 N–H and O–H groups in total. The number of nitrogens with one attached hydrogen (secondary N) is 1. The summed E-state index contributed by atoms with van der Waals surface area (Å²) in [7, 11) is -3.17. The molecule has 23 heavy (non-hydrogen) atoms. The first-order valence-corrected chi connectivity index (χ1v) is 9.56. The van der Waals surface area contributed by atoms with Crippen molar-refractivity contribution in [2.24, 2.45) is 5.41 Å². The molecule has 1 spiro atoms. The Morgan fingerprint density at radius 2 is 2.13 bits per heavy atom. The Morgan fingerprint density at radius 1 is 1.39 bits per heavy atom. The van der Waals surface area contributed by atoms with Gasteiger partial charge in [-0.2, -0.15) is 0 Å². The lowest BCUT2D eigenvalue weighted by atomic mass is 9.65. The molecular formula is C15H21N3O4S. The topological polar surface area (TPSA) is 88.5 Å². The molecule has 1 aliphatic carbocycles. The number of carbonyl (C=O) groups excluding carboxylic acids is 1. The number of rotatable bonds is 4. The highest BCUT2D eigenvalue weighted by Gasteiger charge is 2.49. The molecule has 3 rings (SSSR count). The van der Waals surface area contributed by atoms with Crippen LogP contribution in [0.5, 0.6) is 0 Å². The Balaban J connectivity index is 1.56. The number of likely N-dealkylation sites (tertiary alicyclic amines) is 1. The fraction of sp³-hybridized carbons (Fsp3) is 0.600. The van der Waals surface area contributed by atoms with Gasteiger partial charge in [0.2, 0.25) is 15.9 Å². The van der Waals surface area contributed by atoms with Crippen LogP contribution in [0, 0.1) is 5.41 Å². The number of pyridine rings is 1. The van der Waals surface area contributed by atoms with Gasteiger partial charge in [-0.05, 0) is 30.7 Å². The van der Waals surface area contributed by atoms with E-state index < -0.39 is 10.0 Å². The Bertz CT molecular complexity index is 765. The van der Waals surface area contributed by atoms with Crippen molar-refractivity contribution in [3.63, 3.8) is 0 Å². The SMILES string of the molecule is CS(=O)(=O)NC1CC2(CCN(C(=O)Cn3ccccc3=O)C2)C1. The molecule has 0 bridgehead atoms. The summed E-state index contributed by atoms with van der Waals surface area (Å²) in [6.07, 6.45) is 5.22. The second-order valence-corrected chi connectivity index (χ2v) is 8.51. The van der Waals surface area contributed by atoms with E-state index in [1.165, 1.54) is 16.9 Å². The molecule has 126 valence electrons. The van der Waals surface area contributed by atoms with E-state index in [0.29, 0.717) is 13.1 Å². The predicted molar refractivity (Wildman–Crippen MR) is 85.3 cm³/mol. The van der Waals surface area contributed by atoms with Crippen LogP contribution in [0.1, 0.15) is 19.3 Å². The van der Waals surface area contributed by atoms with Crippen molar-refractivity contribution in [2.45, 2.75) is 31.8 Å². The van der Waals surface area contributed by atoms with Crippen LogP contribution in [-0.4, -0.2) is 49.2 Å². The Kier molecular flexibility index (Phi) is 4.05. The van der Waals surface area contributed by atoms with Crippen LogP contribution in [-0.2, 0) is 21.4 Å². The van der Waals surface area contributed by atoms with E-state index in [2.05, 4.69) is 4.72 Å². The molecule has 2 heterocycles. The highest BCUT2D eigenvalue weighted by Crippen LogP contribution is 2.48. The van der Waals surface area contributed by atoms with E-state index in [9.17, 15) is 18.0 Å². The summed E-state index contributed by atoms with van der Waals surface area (Å²) in [6.45, 7) is 1.38. The summed E-state index contributed by atoms with van der Waals surface area (Å²) in [6, 6.07) is 4.80. The first kappa shape index (κ1) is 16.2. The van der Waals surface area contributed by atoms with Gasteiger partial charge in [0.1, 0.15) is 6.54 Å². The first-order valence-electron chi connectivity index (χ1n) is 7.67. The normalized spacial score (nSPS) is 27.2. The van der Waals surface area contributed by atoms with Gasteiger partial charge < -0.3 is 9.47 Å². The molecule has 8 heteroatoms. The van der Waals surface area contributed by atoms with Crippen LogP contribution < -0.4 is 10.3 Å². The van der Waals surface area contributed by atoms with E-state index in [-0.39, 0.29) is 29.5 Å². The van der Waals surface area contributed by atoms with Crippen LogP contribution in [0.25, 0.3) is 0 Å². The number of hydrogen-bond acceptors (Lipinski definition) is 4. The predicted octanol–water partition coefficient (Wildman–Crippen LogP) is -0.221. The highest BCUT2D eigenvalue weighted by atomic mass is 32.2. The van der Waals surface area contributed by atoms with Gasteiger partial charge in [-0.1, -0.05) is 6.07 Å². The van der Waals surface area contributed by atoms with Gasteiger partial charge in [0, 0.05) is 31.4 Å². The molecule has 0 aromatic carbocycles. The number of sulfonamides is 1. The minimum Gasteiger partial charge on any atom is -0.341 e. The van der Waals surface area contributed by atoms with Gasteiger partial charge in [0.25, 0.3) is 5.56 Å². The maximum Gasteiger partial charge on any atom is 0.250 e. The number of amides is 1. The lowest BCUT2D eigenvalue weighted by Gasteiger charge is -2.45. The smallest absolute Gasteiger partial charge is 0.250 e. The first-order chi connectivity index (χ1) is 10.8. The third-order valence-electron chi connectivity index (χ3n) is 4.74. The molecule has 1 amide bonds. The monoisotopic (exact) mass is 339 g/mol. The third kappa shape index (κ3) is 3.64. The van der Waals surface area contributed by atoms with Crippen LogP contribution >= 0.6 is 0 Å². The van der Waals surface area contributed by atoms with Crippen LogP contribution in [0.2, 0.25) is 0 Å². The van der Waals surface area contributed by atoms with E-state index in [4.69, 9.17) is 0 Å². The number of hydrogen-bond donors (Lipinski definition) is 1. The lowest BCUT2D eigenvalue weighted by Crippen LogP contribution is -2.52. The summed E-state index contributed by atoms with van der Waals surface area (Å²) in [4.78, 5) is 25.8. The molecule has 0 radical (unpaired) electrons. The van der Waals surface area contributed by atoms with Crippen molar-refractivity contribution < 1.29 is 13.2 Å². The zero-order valence-corrected chi connectivity index (χ0v) is 13.9. The third-order valence-corrected chi connectivity index (χ3v) is 5.50. The molecular weight excluding hydrogens is 318 g/mol. The number of aromatic nitrogens is 1. The van der Waals surface area contributed by atoms with Gasteiger partial charge in [0.05, 0.1) is 6.26 Å². The van der Waals surface area contributed by atoms with Gasteiger partial charge in [0.15, 0.2) is 0 Å². The molecule has 1 aromatic rings. The standard InChI is InChI=1S/C15H21N3O4S/c1-23(21,22)16-12-8-15(9-12)5-7-18(11-15)14(20)10-17-6-3-2-4-13(17)19/h2-4,6,12,16H,5,7-11H2,1H3. The number of carbonyl (C=O) groups is 1. The Labute approximate surface area is 135 Å². The minimum atomic E-state index is -3.17. The maximum absolute atomic E-state index is 12.4. The molecule has 1 saturated heterocycles. The average Bonchev–Trinajstić information content (AvgIpc) is 2.84. The second kappa shape index (κ2) is 5.76. The van der Waals surface area contributed by atoms with Gasteiger partial charge in [-0.25, -0.2) is 13.1 Å². The zero-order chi connectivity index (χ0) is 16.7. The van der Waals surface area contributed by atoms with Crippen LogP contribution in [0.3, 0.4) is 0 Å². The van der Waals surface area contributed by atoms with Crippen molar-refractivity contribution in [1.82, 2.24) is 14.2 Å². The van der Waals surface area contributed by atoms with Crippen molar-refractivity contribution in [2.75, 3.05) is 19.3 Å². The maximum atomic E-state index is 12.4. The summed E-state index contributed by atoms with van der Waals surface area (Å²) in [5.74, 6) is -0.0605. The molecule has 0 unspecified atom stereocenters. The molecule has 1 saturated carbocycles. The van der Waals surface area contributed by atoms with Crippen molar-refractivity contribution >= 4 is 15.9 Å². The Morgan fingerprint density at radius 3 is 2.78 bits per heavy atom. The lowest BCUT2D eigenvalue weighted by molar-refractivity contribution is -0.131. The summed E-state index contributed by atoms with van der Waals surface area (Å²) in [5, 5.41) is 0. The van der Waals surface area contributed by atoms with E-state index in [1.807, 2.05) is 0 Å². The van der Waals surface area contributed by atoms with E-state index >= 15 is 0 Å². The minimum absolute atomic E-state index is 0.0169. The summed E-state index contributed by atoms with van der Waals surface area (Å²) < 4.78 is 26.5. The van der Waals surface area contributed by atoms with E-state index in [0.717, 1.165) is 19.3 Å². The Hall–Kier alpha value is -1.67. The van der Waals surface area contributed by atoms with Gasteiger partial charge in [-0.15, -0.1) is 0 Å². The van der Waals surface area contributed by atoms with Gasteiger partial charge >= 0.3 is 0 Å². The van der Waals surface area contributed by atoms with Crippen LogP contribution in [0.15, 0.2) is 29.2 Å². The average molecular weight is 339 g/mol. The van der Waals surface area contributed by atoms with Crippen molar-refractivity contribution in [1.29, 1.82) is 0 Å². The highest BCUT2D eigenvalue weighted by molar-refractivity contribution is 7.88. The largest absolute Gasteiger partial charge is 0.341 e. The summed E-state index contributed by atoms with van der Waals surface area (Å²) >= 11 is 0. The molecule has 2 aliphatic rings. The van der Waals surface area contributed by atoms with Crippen LogP contribution in [0.4, 0.5) is 0 Å². The fourth-order valence-electron chi connectivity index (χ4n) is 3.69. The zero-order valence-electron chi connectivity index (χ0n) is 13.1. The van der Waals surface area contributed by atoms with Crippen molar-refractivity contribution in [3.8, 4) is 0 Å². The van der Waals surface area contributed by atoms with Crippen molar-refractivity contribution in [3.05, 3.63) is 34.7 Å². The van der Waals surface area contributed by atoms with E-state index in [1.54, 1.807) is 23.2 Å². The summed E-state index contributed by atoms with van der Waals surface area (Å²) in [5.41, 5.74) is -0.143. The molecule has 1 aromatic heterocycles. The molecule has 7 nitrogen and oxygen atoms in total. The fourth-order valence-corrected chi connectivity index (χ4v) is 4.46. The molecule has 0 atom stereocenters.